The summed E-state index contributed by atoms with van der Waals surface area (Å²) in [6, 6.07) is 4.11. The van der Waals surface area contributed by atoms with E-state index in [9.17, 15) is 4.79 Å². The molecule has 2 heteroatoms. The fraction of sp³-hybridized carbons (Fsp3) is 0.667. The number of carbonyl (C=O) groups excluding carboxylic acids is 1. The smallest absolute Gasteiger partial charge is 0.142 e. The molecule has 1 aliphatic carbocycles. The van der Waals surface area contributed by atoms with E-state index in [-0.39, 0.29) is 5.92 Å². The highest BCUT2D eigenvalue weighted by atomic mass is 16.1. The first-order valence-electron chi connectivity index (χ1n) is 7.83. The van der Waals surface area contributed by atoms with Crippen molar-refractivity contribution in [1.29, 1.82) is 0 Å². The van der Waals surface area contributed by atoms with Gasteiger partial charge in [0.05, 0.1) is 11.6 Å². The molecule has 0 saturated carbocycles. The second-order valence-corrected chi connectivity index (χ2v) is 7.53. The normalized spacial score (nSPS) is 20.3. The number of fused-ring (bicyclic) bond motifs is 1. The molecule has 0 radical (unpaired) electrons. The second kappa shape index (κ2) is 6.07. The quantitative estimate of drug-likeness (QED) is 0.806. The molecule has 0 spiro atoms. The van der Waals surface area contributed by atoms with Gasteiger partial charge in [-0.05, 0) is 48.6 Å². The second-order valence-electron chi connectivity index (χ2n) is 7.53. The van der Waals surface area contributed by atoms with Gasteiger partial charge in [-0.1, -0.05) is 33.8 Å². The van der Waals surface area contributed by atoms with Crippen molar-refractivity contribution in [2.75, 3.05) is 0 Å². The van der Waals surface area contributed by atoms with Crippen molar-refractivity contribution in [2.24, 2.45) is 11.3 Å². The largest absolute Gasteiger partial charge is 0.299 e. The van der Waals surface area contributed by atoms with E-state index >= 15 is 0 Å². The molecule has 0 bridgehead atoms. The third-order valence-electron chi connectivity index (χ3n) is 4.09. The van der Waals surface area contributed by atoms with Crippen LogP contribution in [0.25, 0.3) is 0 Å². The number of Topliss-reactive ketones (excluding diaryl/α,β-unsaturated/α-hetero) is 1. The first-order chi connectivity index (χ1) is 9.37. The van der Waals surface area contributed by atoms with Crippen LogP contribution in [-0.4, -0.2) is 10.8 Å². The zero-order valence-corrected chi connectivity index (χ0v) is 13.3. The van der Waals surface area contributed by atoms with E-state index in [2.05, 4.69) is 38.7 Å². The van der Waals surface area contributed by atoms with Crippen LogP contribution in [0.2, 0.25) is 0 Å². The maximum atomic E-state index is 12.6. The molecule has 20 heavy (non-hydrogen) atoms. The molecule has 2 atom stereocenters. The highest BCUT2D eigenvalue weighted by Crippen LogP contribution is 2.33. The number of pyridine rings is 1. The summed E-state index contributed by atoms with van der Waals surface area (Å²) >= 11 is 0. The number of hydrogen-bond donors (Lipinski definition) is 0. The monoisotopic (exact) mass is 273 g/mol. The van der Waals surface area contributed by atoms with Crippen LogP contribution in [0.5, 0.6) is 0 Å². The molecule has 2 rings (SSSR count). The lowest BCUT2D eigenvalue weighted by molar-refractivity contribution is -0.121. The number of nitrogens with zero attached hydrogens (tertiary/aromatic N) is 1. The molecule has 1 aromatic heterocycles. The standard InChI is InChI=1S/C18H27NO/c1-13(12-18(2,3)4)11-16(20)15-9-5-7-14-8-6-10-19-17(14)15/h6,8,10,13,15H,5,7,9,11-12H2,1-4H3. The van der Waals surface area contributed by atoms with Crippen LogP contribution in [0, 0.1) is 11.3 Å². The molecule has 2 nitrogen and oxygen atoms in total. The summed E-state index contributed by atoms with van der Waals surface area (Å²) in [6.07, 6.45) is 6.78. The first kappa shape index (κ1) is 15.2. The van der Waals surface area contributed by atoms with E-state index in [0.717, 1.165) is 31.4 Å². The Morgan fingerprint density at radius 3 is 2.90 bits per heavy atom. The van der Waals surface area contributed by atoms with Gasteiger partial charge in [-0.15, -0.1) is 0 Å². The van der Waals surface area contributed by atoms with Gasteiger partial charge < -0.3 is 0 Å². The zero-order valence-electron chi connectivity index (χ0n) is 13.3. The van der Waals surface area contributed by atoms with E-state index < -0.39 is 0 Å². The molecule has 2 unspecified atom stereocenters. The minimum absolute atomic E-state index is 0.0439. The van der Waals surface area contributed by atoms with Gasteiger partial charge in [-0.2, -0.15) is 0 Å². The topological polar surface area (TPSA) is 30.0 Å². The average molecular weight is 273 g/mol. The van der Waals surface area contributed by atoms with Gasteiger partial charge in [0.2, 0.25) is 0 Å². The Kier molecular flexibility index (Phi) is 4.62. The number of carbonyl (C=O) groups is 1. The zero-order chi connectivity index (χ0) is 14.8. The molecule has 0 aromatic carbocycles. The van der Waals surface area contributed by atoms with Crippen LogP contribution in [0.15, 0.2) is 18.3 Å². The van der Waals surface area contributed by atoms with Crippen LogP contribution in [0.3, 0.4) is 0 Å². The molecule has 1 aromatic rings. The van der Waals surface area contributed by atoms with Gasteiger partial charge in [0.25, 0.3) is 0 Å². The van der Waals surface area contributed by atoms with Crippen molar-refractivity contribution in [3.8, 4) is 0 Å². The van der Waals surface area contributed by atoms with E-state index in [1.807, 2.05) is 12.3 Å². The Morgan fingerprint density at radius 1 is 1.45 bits per heavy atom. The Balaban J connectivity index is 2.04. The Bertz CT molecular complexity index is 473. The van der Waals surface area contributed by atoms with Crippen molar-refractivity contribution < 1.29 is 4.79 Å². The summed E-state index contributed by atoms with van der Waals surface area (Å²) in [5.41, 5.74) is 2.62. The summed E-state index contributed by atoms with van der Waals surface area (Å²) in [5, 5.41) is 0. The molecule has 0 aliphatic heterocycles. The van der Waals surface area contributed by atoms with Crippen LogP contribution in [0.1, 0.15) is 70.6 Å². The Hall–Kier alpha value is -1.18. The lowest BCUT2D eigenvalue weighted by Crippen LogP contribution is -2.23. The van der Waals surface area contributed by atoms with Crippen molar-refractivity contribution in [2.45, 2.75) is 65.7 Å². The predicted molar refractivity (Wildman–Crippen MR) is 82.8 cm³/mol. The highest BCUT2D eigenvalue weighted by Gasteiger charge is 2.29. The highest BCUT2D eigenvalue weighted by molar-refractivity contribution is 5.86. The summed E-state index contributed by atoms with van der Waals surface area (Å²) < 4.78 is 0. The van der Waals surface area contributed by atoms with E-state index in [1.54, 1.807) is 0 Å². The van der Waals surface area contributed by atoms with Crippen molar-refractivity contribution >= 4 is 5.78 Å². The van der Waals surface area contributed by atoms with Crippen LogP contribution >= 0.6 is 0 Å². The summed E-state index contributed by atoms with van der Waals surface area (Å²) in [7, 11) is 0. The maximum Gasteiger partial charge on any atom is 0.142 e. The average Bonchev–Trinajstić information content (AvgIpc) is 2.35. The minimum Gasteiger partial charge on any atom is -0.299 e. The maximum absolute atomic E-state index is 12.6. The van der Waals surface area contributed by atoms with Gasteiger partial charge in [0, 0.05) is 12.6 Å². The third kappa shape index (κ3) is 3.91. The molecule has 0 N–H and O–H groups in total. The minimum atomic E-state index is 0.0439. The lowest BCUT2D eigenvalue weighted by Gasteiger charge is -2.26. The lowest BCUT2D eigenvalue weighted by atomic mass is 9.78. The molecular weight excluding hydrogens is 246 g/mol. The molecule has 1 aliphatic rings. The number of rotatable bonds is 4. The summed E-state index contributed by atoms with van der Waals surface area (Å²) in [4.78, 5) is 17.1. The molecule has 0 saturated heterocycles. The van der Waals surface area contributed by atoms with Gasteiger partial charge in [-0.3, -0.25) is 9.78 Å². The van der Waals surface area contributed by atoms with Crippen LogP contribution in [0.4, 0.5) is 0 Å². The molecule has 110 valence electrons. The van der Waals surface area contributed by atoms with E-state index in [0.29, 0.717) is 23.5 Å². The third-order valence-corrected chi connectivity index (χ3v) is 4.09. The van der Waals surface area contributed by atoms with Gasteiger partial charge in [0.1, 0.15) is 5.78 Å². The van der Waals surface area contributed by atoms with Crippen molar-refractivity contribution in [1.82, 2.24) is 4.98 Å². The van der Waals surface area contributed by atoms with Gasteiger partial charge in [0.15, 0.2) is 0 Å². The van der Waals surface area contributed by atoms with Crippen LogP contribution in [-0.2, 0) is 11.2 Å². The fourth-order valence-corrected chi connectivity index (χ4v) is 3.53. The van der Waals surface area contributed by atoms with Crippen molar-refractivity contribution in [3.05, 3.63) is 29.6 Å². The first-order valence-corrected chi connectivity index (χ1v) is 7.83. The molecule has 0 fully saturated rings. The Labute approximate surface area is 123 Å². The number of ketones is 1. The molecule has 1 heterocycles. The molecule has 0 amide bonds. The van der Waals surface area contributed by atoms with E-state index in [4.69, 9.17) is 0 Å². The predicted octanol–water partition coefficient (Wildman–Crippen LogP) is 4.53. The van der Waals surface area contributed by atoms with Gasteiger partial charge >= 0.3 is 0 Å². The van der Waals surface area contributed by atoms with Crippen molar-refractivity contribution in [3.63, 3.8) is 0 Å². The summed E-state index contributed by atoms with van der Waals surface area (Å²) in [6.45, 7) is 8.92. The number of hydrogen-bond acceptors (Lipinski definition) is 2. The SMILES string of the molecule is CC(CC(=O)C1CCCc2cccnc21)CC(C)(C)C. The fourth-order valence-electron chi connectivity index (χ4n) is 3.53. The van der Waals surface area contributed by atoms with E-state index in [1.165, 1.54) is 5.56 Å². The number of aryl methyl sites for hydroxylation is 1. The number of aromatic nitrogens is 1. The van der Waals surface area contributed by atoms with Crippen LogP contribution < -0.4 is 0 Å². The van der Waals surface area contributed by atoms with Gasteiger partial charge in [-0.25, -0.2) is 0 Å². The molecular formula is C18H27NO. The summed E-state index contributed by atoms with van der Waals surface area (Å²) in [5.74, 6) is 0.889. The Morgan fingerprint density at radius 2 is 2.20 bits per heavy atom.